The SMILES string of the molecule is Nc1ncc([N+](=O)[O-])cc1-c1c(Cl)cc(Cl)cc1Cl. The fourth-order valence-electron chi connectivity index (χ4n) is 1.56. The first-order valence-electron chi connectivity index (χ1n) is 4.95. The van der Waals surface area contributed by atoms with Crippen molar-refractivity contribution in [2.75, 3.05) is 5.73 Å². The van der Waals surface area contributed by atoms with Crippen molar-refractivity contribution < 1.29 is 4.92 Å². The Morgan fingerprint density at radius 2 is 1.74 bits per heavy atom. The Labute approximate surface area is 123 Å². The van der Waals surface area contributed by atoms with Crippen molar-refractivity contribution in [2.24, 2.45) is 0 Å². The van der Waals surface area contributed by atoms with Gasteiger partial charge in [0.25, 0.3) is 5.69 Å². The van der Waals surface area contributed by atoms with Crippen LogP contribution in [-0.2, 0) is 0 Å². The van der Waals surface area contributed by atoms with E-state index in [0.717, 1.165) is 6.20 Å². The molecule has 0 bridgehead atoms. The Bertz CT molecular complexity index is 653. The van der Waals surface area contributed by atoms with Crippen LogP contribution in [0.2, 0.25) is 15.1 Å². The molecule has 19 heavy (non-hydrogen) atoms. The minimum absolute atomic E-state index is 0.0942. The van der Waals surface area contributed by atoms with Gasteiger partial charge in [0.2, 0.25) is 0 Å². The Balaban J connectivity index is 2.71. The number of benzene rings is 1. The Morgan fingerprint density at radius 1 is 1.16 bits per heavy atom. The van der Waals surface area contributed by atoms with Gasteiger partial charge in [0.15, 0.2) is 0 Å². The van der Waals surface area contributed by atoms with Crippen molar-refractivity contribution in [1.82, 2.24) is 4.98 Å². The Morgan fingerprint density at radius 3 is 2.26 bits per heavy atom. The highest BCUT2D eigenvalue weighted by Gasteiger charge is 2.17. The molecule has 0 spiro atoms. The summed E-state index contributed by atoms with van der Waals surface area (Å²) < 4.78 is 0. The lowest BCUT2D eigenvalue weighted by Gasteiger charge is -2.09. The summed E-state index contributed by atoms with van der Waals surface area (Å²) in [7, 11) is 0. The van der Waals surface area contributed by atoms with E-state index in [4.69, 9.17) is 40.5 Å². The maximum Gasteiger partial charge on any atom is 0.288 e. The second-order valence-electron chi connectivity index (χ2n) is 3.63. The molecule has 8 heteroatoms. The summed E-state index contributed by atoms with van der Waals surface area (Å²) in [5.41, 5.74) is 6.17. The summed E-state index contributed by atoms with van der Waals surface area (Å²) in [6.45, 7) is 0. The van der Waals surface area contributed by atoms with Crippen LogP contribution in [0.1, 0.15) is 0 Å². The van der Waals surface area contributed by atoms with Gasteiger partial charge in [-0.1, -0.05) is 34.8 Å². The zero-order valence-corrected chi connectivity index (χ0v) is 11.5. The number of halogens is 3. The molecule has 2 N–H and O–H groups in total. The lowest BCUT2D eigenvalue weighted by Crippen LogP contribution is -1.98. The van der Waals surface area contributed by atoms with E-state index in [1.807, 2.05) is 0 Å². The van der Waals surface area contributed by atoms with E-state index in [-0.39, 0.29) is 21.6 Å². The molecule has 0 aliphatic carbocycles. The maximum absolute atomic E-state index is 10.8. The molecule has 0 saturated carbocycles. The van der Waals surface area contributed by atoms with Crippen LogP contribution in [0.15, 0.2) is 24.4 Å². The van der Waals surface area contributed by atoms with E-state index in [0.29, 0.717) is 16.1 Å². The normalized spacial score (nSPS) is 10.5. The van der Waals surface area contributed by atoms with E-state index in [9.17, 15) is 10.1 Å². The van der Waals surface area contributed by atoms with Crippen molar-refractivity contribution >= 4 is 46.3 Å². The zero-order valence-electron chi connectivity index (χ0n) is 9.23. The van der Waals surface area contributed by atoms with Crippen molar-refractivity contribution in [3.05, 3.63) is 49.6 Å². The van der Waals surface area contributed by atoms with Crippen molar-refractivity contribution in [3.8, 4) is 11.1 Å². The van der Waals surface area contributed by atoms with Gasteiger partial charge in [-0.2, -0.15) is 0 Å². The molecular weight excluding hydrogens is 312 g/mol. The molecule has 1 aromatic heterocycles. The first-order chi connectivity index (χ1) is 8.90. The van der Waals surface area contributed by atoms with Crippen LogP contribution in [0.5, 0.6) is 0 Å². The van der Waals surface area contributed by atoms with Gasteiger partial charge in [0.1, 0.15) is 12.0 Å². The van der Waals surface area contributed by atoms with Gasteiger partial charge in [0, 0.05) is 22.2 Å². The van der Waals surface area contributed by atoms with Crippen LogP contribution in [0.25, 0.3) is 11.1 Å². The fourth-order valence-corrected chi connectivity index (χ4v) is 2.58. The topological polar surface area (TPSA) is 82.0 Å². The van der Waals surface area contributed by atoms with E-state index in [1.54, 1.807) is 0 Å². The third-order valence-corrected chi connectivity index (χ3v) is 3.21. The second kappa shape index (κ2) is 5.21. The summed E-state index contributed by atoms with van der Waals surface area (Å²) in [5, 5.41) is 11.6. The predicted molar refractivity (Wildman–Crippen MR) is 75.8 cm³/mol. The summed E-state index contributed by atoms with van der Waals surface area (Å²) in [6.07, 6.45) is 1.07. The Hall–Kier alpha value is -1.56. The quantitative estimate of drug-likeness (QED) is 0.664. The van der Waals surface area contributed by atoms with E-state index in [1.165, 1.54) is 18.2 Å². The van der Waals surface area contributed by atoms with Crippen LogP contribution < -0.4 is 5.73 Å². The summed E-state index contributed by atoms with van der Waals surface area (Å²) >= 11 is 17.9. The smallest absolute Gasteiger partial charge is 0.288 e. The number of nitro groups is 1. The molecule has 0 amide bonds. The van der Waals surface area contributed by atoms with Crippen LogP contribution in [0.4, 0.5) is 11.5 Å². The lowest BCUT2D eigenvalue weighted by molar-refractivity contribution is -0.385. The third kappa shape index (κ3) is 2.73. The van der Waals surface area contributed by atoms with Crippen molar-refractivity contribution in [2.45, 2.75) is 0 Å². The average Bonchev–Trinajstić information content (AvgIpc) is 2.29. The average molecular weight is 319 g/mol. The summed E-state index contributed by atoms with van der Waals surface area (Å²) in [4.78, 5) is 13.9. The molecule has 0 atom stereocenters. The molecule has 1 aromatic carbocycles. The fraction of sp³-hybridized carbons (Fsp3) is 0. The number of anilines is 1. The van der Waals surface area contributed by atoms with Gasteiger partial charge in [-0.3, -0.25) is 10.1 Å². The number of pyridine rings is 1. The van der Waals surface area contributed by atoms with Gasteiger partial charge in [-0.05, 0) is 12.1 Å². The molecule has 0 aliphatic heterocycles. The number of aromatic nitrogens is 1. The Kier molecular flexibility index (Phi) is 3.80. The molecule has 1 heterocycles. The predicted octanol–water partition coefficient (Wildman–Crippen LogP) is 4.20. The number of hydrogen-bond donors (Lipinski definition) is 1. The first-order valence-corrected chi connectivity index (χ1v) is 6.08. The van der Waals surface area contributed by atoms with E-state index in [2.05, 4.69) is 4.98 Å². The standard InChI is InChI=1S/C11H6Cl3N3O2/c12-5-1-8(13)10(9(14)2-5)7-3-6(17(18)19)4-16-11(7)15/h1-4H,(H2,15,16). The maximum atomic E-state index is 10.8. The van der Waals surface area contributed by atoms with Crippen LogP contribution in [0.3, 0.4) is 0 Å². The van der Waals surface area contributed by atoms with Gasteiger partial charge in [-0.15, -0.1) is 0 Å². The molecule has 0 aliphatic rings. The first kappa shape index (κ1) is 13.9. The van der Waals surface area contributed by atoms with Crippen molar-refractivity contribution in [1.29, 1.82) is 0 Å². The number of rotatable bonds is 2. The monoisotopic (exact) mass is 317 g/mol. The molecule has 98 valence electrons. The van der Waals surface area contributed by atoms with Crippen LogP contribution in [0, 0.1) is 10.1 Å². The van der Waals surface area contributed by atoms with Gasteiger partial charge in [0.05, 0.1) is 15.0 Å². The van der Waals surface area contributed by atoms with Crippen LogP contribution in [-0.4, -0.2) is 9.91 Å². The van der Waals surface area contributed by atoms with Gasteiger partial charge < -0.3 is 5.73 Å². The molecule has 0 radical (unpaired) electrons. The van der Waals surface area contributed by atoms with Gasteiger partial charge >= 0.3 is 0 Å². The molecule has 2 aromatic rings. The zero-order chi connectivity index (χ0) is 14.2. The molecular formula is C11H6Cl3N3O2. The van der Waals surface area contributed by atoms with Gasteiger partial charge in [-0.25, -0.2) is 4.98 Å². The van der Waals surface area contributed by atoms with Crippen LogP contribution >= 0.6 is 34.8 Å². The minimum atomic E-state index is -0.576. The number of hydrogen-bond acceptors (Lipinski definition) is 4. The molecule has 5 nitrogen and oxygen atoms in total. The number of nitrogens with two attached hydrogens (primary N) is 1. The summed E-state index contributed by atoms with van der Waals surface area (Å²) in [6, 6.07) is 4.22. The van der Waals surface area contributed by atoms with Crippen molar-refractivity contribution in [3.63, 3.8) is 0 Å². The third-order valence-electron chi connectivity index (χ3n) is 2.39. The molecule has 0 fully saturated rings. The summed E-state index contributed by atoms with van der Waals surface area (Å²) in [5.74, 6) is 0.0942. The molecule has 2 rings (SSSR count). The second-order valence-corrected chi connectivity index (χ2v) is 4.88. The van der Waals surface area contributed by atoms with E-state index < -0.39 is 4.92 Å². The lowest BCUT2D eigenvalue weighted by atomic mass is 10.1. The molecule has 0 saturated heterocycles. The minimum Gasteiger partial charge on any atom is -0.383 e. The number of nitrogen functional groups attached to an aromatic ring is 1. The highest BCUT2D eigenvalue weighted by Crippen LogP contribution is 2.40. The highest BCUT2D eigenvalue weighted by molar-refractivity contribution is 6.42. The highest BCUT2D eigenvalue weighted by atomic mass is 35.5. The number of nitrogens with zero attached hydrogens (tertiary/aromatic N) is 2. The molecule has 0 unspecified atom stereocenters. The largest absolute Gasteiger partial charge is 0.383 e. The van der Waals surface area contributed by atoms with E-state index >= 15 is 0 Å².